The topological polar surface area (TPSA) is 209 Å². The molecule has 0 atom stereocenters. The lowest BCUT2D eigenvalue weighted by Crippen LogP contribution is -2.02. The molecule has 39 heavy (non-hydrogen) atoms. The first-order chi connectivity index (χ1) is 19.0. The van der Waals surface area contributed by atoms with Gasteiger partial charge in [0.15, 0.2) is 0 Å². The van der Waals surface area contributed by atoms with Gasteiger partial charge in [-0.1, -0.05) is 0 Å². The van der Waals surface area contributed by atoms with E-state index >= 15 is 0 Å². The number of benzene rings is 3. The van der Waals surface area contributed by atoms with Crippen molar-refractivity contribution in [1.29, 1.82) is 31.6 Å². The fourth-order valence-electron chi connectivity index (χ4n) is 3.10. The van der Waals surface area contributed by atoms with Gasteiger partial charge >= 0.3 is 18.0 Å². The predicted molar refractivity (Wildman–Crippen MR) is 128 cm³/mol. The van der Waals surface area contributed by atoms with Crippen molar-refractivity contribution in [3.8, 4) is 71.7 Å². The van der Waals surface area contributed by atoms with E-state index < -0.39 is 0 Å². The number of ether oxygens (including phenoxy) is 3. The third-order valence-electron chi connectivity index (χ3n) is 4.90. The maximum absolute atomic E-state index is 9.29. The third kappa shape index (κ3) is 5.64. The predicted octanol–water partition coefficient (Wildman–Crippen LogP) is 4.48. The van der Waals surface area contributed by atoms with Crippen LogP contribution in [0.1, 0.15) is 33.4 Å². The second-order valence-electron chi connectivity index (χ2n) is 7.28. The maximum Gasteiger partial charge on any atom is 0.331 e. The summed E-state index contributed by atoms with van der Waals surface area (Å²) in [6, 6.07) is 22.9. The molecule has 0 saturated heterocycles. The van der Waals surface area contributed by atoms with E-state index in [9.17, 15) is 15.8 Å². The van der Waals surface area contributed by atoms with Gasteiger partial charge in [0.05, 0.1) is 33.4 Å². The van der Waals surface area contributed by atoms with Crippen molar-refractivity contribution in [2.24, 2.45) is 0 Å². The van der Waals surface area contributed by atoms with Gasteiger partial charge in [0.1, 0.15) is 53.7 Å². The minimum Gasteiger partial charge on any atom is -0.424 e. The van der Waals surface area contributed by atoms with Gasteiger partial charge in [0, 0.05) is 18.2 Å². The van der Waals surface area contributed by atoms with Crippen LogP contribution in [0.5, 0.6) is 35.3 Å². The molecule has 4 rings (SSSR count). The average Bonchev–Trinajstić information content (AvgIpc) is 2.96. The lowest BCUT2D eigenvalue weighted by Gasteiger charge is -2.10. The summed E-state index contributed by atoms with van der Waals surface area (Å²) in [7, 11) is 0. The second kappa shape index (κ2) is 11.2. The molecule has 0 saturated carbocycles. The number of hydrogen-bond acceptors (Lipinski definition) is 12. The molecule has 0 amide bonds. The zero-order chi connectivity index (χ0) is 27.8. The quantitative estimate of drug-likeness (QED) is 0.353. The highest BCUT2D eigenvalue weighted by atomic mass is 16.5. The fraction of sp³-hybridized carbons (Fsp3) is 0. The molecule has 0 fully saturated rings. The number of nitriles is 6. The summed E-state index contributed by atoms with van der Waals surface area (Å²) >= 11 is 0. The minimum absolute atomic E-state index is 0.0697. The summed E-state index contributed by atoms with van der Waals surface area (Å²) in [5.74, 6) is 0.386. The highest BCUT2D eigenvalue weighted by molar-refractivity contribution is 5.51. The molecular weight excluding hydrogens is 498 g/mol. The summed E-state index contributed by atoms with van der Waals surface area (Å²) < 4.78 is 17.0. The minimum atomic E-state index is -0.313. The normalized spacial score (nSPS) is 9.38. The van der Waals surface area contributed by atoms with Crippen LogP contribution in [0.15, 0.2) is 54.6 Å². The Morgan fingerprint density at radius 2 is 0.641 bits per heavy atom. The van der Waals surface area contributed by atoms with E-state index in [1.807, 2.05) is 36.4 Å². The summed E-state index contributed by atoms with van der Waals surface area (Å²) in [6.07, 6.45) is 0. The van der Waals surface area contributed by atoms with E-state index in [4.69, 9.17) is 30.0 Å². The SMILES string of the molecule is N#Cc1ccc(Oc2nc(Oc3ccc(C#N)c(C#N)c3)nc(Oc3ccc(C#N)c(C#N)c3)n2)cc1C#N. The molecule has 180 valence electrons. The largest absolute Gasteiger partial charge is 0.424 e. The standard InChI is InChI=1S/C27H9N9O3/c28-10-16-1-4-22(7-19(16)13-31)37-25-34-26(38-23-5-2-17(11-29)20(8-23)14-32)36-27(35-25)39-24-6-3-18(12-30)21(9-24)15-33/h1-9H. The molecule has 12 heteroatoms. The van der Waals surface area contributed by atoms with Crippen LogP contribution in [-0.2, 0) is 0 Å². The van der Waals surface area contributed by atoms with Gasteiger partial charge in [0.25, 0.3) is 0 Å². The lowest BCUT2D eigenvalue weighted by atomic mass is 10.1. The summed E-state index contributed by atoms with van der Waals surface area (Å²) in [5.41, 5.74) is 0.658. The van der Waals surface area contributed by atoms with Crippen molar-refractivity contribution < 1.29 is 14.2 Å². The third-order valence-corrected chi connectivity index (χ3v) is 4.90. The molecular formula is C27H9N9O3. The van der Waals surface area contributed by atoms with Crippen LogP contribution in [-0.4, -0.2) is 15.0 Å². The number of aromatic nitrogens is 3. The fourth-order valence-corrected chi connectivity index (χ4v) is 3.10. The molecule has 0 spiro atoms. The highest BCUT2D eigenvalue weighted by Crippen LogP contribution is 2.29. The summed E-state index contributed by atoms with van der Waals surface area (Å²) in [6.45, 7) is 0. The molecule has 0 aliphatic heterocycles. The van der Waals surface area contributed by atoms with Crippen molar-refractivity contribution in [3.63, 3.8) is 0 Å². The Morgan fingerprint density at radius 1 is 0.385 bits per heavy atom. The average molecular weight is 507 g/mol. The molecule has 0 aliphatic rings. The Balaban J connectivity index is 1.74. The zero-order valence-electron chi connectivity index (χ0n) is 19.4. The molecule has 12 nitrogen and oxygen atoms in total. The van der Waals surface area contributed by atoms with Crippen LogP contribution in [0, 0.1) is 68.0 Å². The summed E-state index contributed by atoms with van der Waals surface area (Å²) in [5, 5.41) is 55.3. The number of hydrogen-bond donors (Lipinski definition) is 0. The van der Waals surface area contributed by atoms with E-state index in [1.54, 1.807) is 0 Å². The van der Waals surface area contributed by atoms with Crippen molar-refractivity contribution >= 4 is 0 Å². The Bertz CT molecular complexity index is 1650. The van der Waals surface area contributed by atoms with Crippen LogP contribution < -0.4 is 14.2 Å². The number of nitrogens with zero attached hydrogens (tertiary/aromatic N) is 9. The highest BCUT2D eigenvalue weighted by Gasteiger charge is 2.15. The molecule has 1 heterocycles. The first kappa shape index (κ1) is 25.1. The van der Waals surface area contributed by atoms with Gasteiger partial charge in [-0.3, -0.25) is 0 Å². The van der Waals surface area contributed by atoms with Gasteiger partial charge in [-0.2, -0.15) is 31.6 Å². The first-order valence-corrected chi connectivity index (χ1v) is 10.6. The zero-order valence-corrected chi connectivity index (χ0v) is 19.4. The second-order valence-corrected chi connectivity index (χ2v) is 7.28. The van der Waals surface area contributed by atoms with Crippen LogP contribution in [0.4, 0.5) is 0 Å². The van der Waals surface area contributed by atoms with Crippen molar-refractivity contribution in [2.75, 3.05) is 0 Å². The molecule has 0 radical (unpaired) electrons. The van der Waals surface area contributed by atoms with Gasteiger partial charge in [-0.25, -0.2) is 0 Å². The summed E-state index contributed by atoms with van der Waals surface area (Å²) in [4.78, 5) is 12.3. The van der Waals surface area contributed by atoms with Crippen LogP contribution in [0.3, 0.4) is 0 Å². The van der Waals surface area contributed by atoms with Crippen LogP contribution in [0.2, 0.25) is 0 Å². The van der Waals surface area contributed by atoms with E-state index in [2.05, 4.69) is 15.0 Å². The Kier molecular flexibility index (Phi) is 7.19. The van der Waals surface area contributed by atoms with Crippen molar-refractivity contribution in [3.05, 3.63) is 88.0 Å². The Morgan fingerprint density at radius 3 is 0.872 bits per heavy atom. The Labute approximate surface area is 220 Å². The number of rotatable bonds is 6. The monoisotopic (exact) mass is 507 g/mol. The molecule has 0 bridgehead atoms. The molecule has 3 aromatic carbocycles. The molecule has 4 aromatic rings. The van der Waals surface area contributed by atoms with E-state index in [0.29, 0.717) is 0 Å². The van der Waals surface area contributed by atoms with Gasteiger partial charge in [0.2, 0.25) is 0 Å². The molecule has 0 unspecified atom stereocenters. The van der Waals surface area contributed by atoms with Crippen molar-refractivity contribution in [2.45, 2.75) is 0 Å². The van der Waals surface area contributed by atoms with Crippen LogP contribution >= 0.6 is 0 Å². The molecule has 0 aliphatic carbocycles. The van der Waals surface area contributed by atoms with E-state index in [0.717, 1.165) is 0 Å². The van der Waals surface area contributed by atoms with Gasteiger partial charge in [-0.15, -0.1) is 15.0 Å². The Hall–Kier alpha value is -6.99. The maximum atomic E-state index is 9.29. The van der Waals surface area contributed by atoms with Gasteiger partial charge < -0.3 is 14.2 Å². The van der Waals surface area contributed by atoms with E-state index in [1.165, 1.54) is 54.6 Å². The lowest BCUT2D eigenvalue weighted by molar-refractivity contribution is 0.362. The van der Waals surface area contributed by atoms with Gasteiger partial charge in [-0.05, 0) is 36.4 Å². The van der Waals surface area contributed by atoms with Crippen LogP contribution in [0.25, 0.3) is 0 Å². The molecule has 0 N–H and O–H groups in total. The first-order valence-electron chi connectivity index (χ1n) is 10.6. The van der Waals surface area contributed by atoms with E-state index in [-0.39, 0.29) is 68.7 Å². The van der Waals surface area contributed by atoms with Crippen molar-refractivity contribution in [1.82, 2.24) is 15.0 Å². The molecule has 1 aromatic heterocycles. The smallest absolute Gasteiger partial charge is 0.331 e.